The van der Waals surface area contributed by atoms with Gasteiger partial charge in [-0.3, -0.25) is 9.69 Å². The fraction of sp³-hybridized carbons (Fsp3) is 0.643. The predicted octanol–water partition coefficient (Wildman–Crippen LogP) is 1.89. The Morgan fingerprint density at radius 2 is 2.10 bits per heavy atom. The van der Waals surface area contributed by atoms with Crippen LogP contribution in [0.3, 0.4) is 0 Å². The van der Waals surface area contributed by atoms with E-state index in [1.165, 1.54) is 0 Å². The van der Waals surface area contributed by atoms with Crippen LogP contribution in [0.1, 0.15) is 30.4 Å². The first-order chi connectivity index (χ1) is 9.58. The lowest BCUT2D eigenvalue weighted by atomic mass is 10.3. The van der Waals surface area contributed by atoms with E-state index in [4.69, 9.17) is 0 Å². The molecule has 7 heteroatoms. The Balaban J connectivity index is 0.00000220. The van der Waals surface area contributed by atoms with Gasteiger partial charge < -0.3 is 15.2 Å². The summed E-state index contributed by atoms with van der Waals surface area (Å²) in [5, 5.41) is 6.34. The number of hydrogen-bond donors (Lipinski definition) is 2. The highest BCUT2D eigenvalue weighted by Gasteiger charge is 2.15. The van der Waals surface area contributed by atoms with Gasteiger partial charge in [0.25, 0.3) is 5.91 Å². The SMILES string of the molecule is CC(C)n1cc(Br)cc1C(=O)NCCN1CCNCC1.Cl. The van der Waals surface area contributed by atoms with E-state index in [0.29, 0.717) is 12.2 Å². The lowest BCUT2D eigenvalue weighted by molar-refractivity contribution is 0.0936. The first-order valence-electron chi connectivity index (χ1n) is 7.16. The van der Waals surface area contributed by atoms with Crippen molar-refractivity contribution in [1.29, 1.82) is 0 Å². The van der Waals surface area contributed by atoms with Crippen LogP contribution in [-0.2, 0) is 0 Å². The summed E-state index contributed by atoms with van der Waals surface area (Å²) in [5.41, 5.74) is 0.715. The molecule has 1 saturated heterocycles. The summed E-state index contributed by atoms with van der Waals surface area (Å²) in [6.07, 6.45) is 1.95. The molecule has 0 unspecified atom stereocenters. The van der Waals surface area contributed by atoms with Crippen LogP contribution in [0.25, 0.3) is 0 Å². The smallest absolute Gasteiger partial charge is 0.268 e. The number of piperazine rings is 1. The van der Waals surface area contributed by atoms with Gasteiger partial charge in [-0.15, -0.1) is 12.4 Å². The summed E-state index contributed by atoms with van der Waals surface area (Å²) < 4.78 is 2.93. The number of amides is 1. The minimum Gasteiger partial charge on any atom is -0.349 e. The standard InChI is InChI=1S/C14H23BrN4O.ClH/c1-11(2)19-10-12(15)9-13(19)14(20)17-5-8-18-6-3-16-4-7-18;/h9-11,16H,3-8H2,1-2H3,(H,17,20);1H. The second-order valence-electron chi connectivity index (χ2n) is 5.39. The number of halogens is 2. The van der Waals surface area contributed by atoms with Crippen molar-refractivity contribution in [3.8, 4) is 0 Å². The molecule has 0 bridgehead atoms. The van der Waals surface area contributed by atoms with Gasteiger partial charge in [-0.2, -0.15) is 0 Å². The maximum absolute atomic E-state index is 12.2. The zero-order chi connectivity index (χ0) is 14.5. The molecule has 1 aliphatic rings. The van der Waals surface area contributed by atoms with Crippen molar-refractivity contribution in [3.63, 3.8) is 0 Å². The van der Waals surface area contributed by atoms with Gasteiger partial charge in [0, 0.05) is 56.0 Å². The van der Waals surface area contributed by atoms with E-state index >= 15 is 0 Å². The second kappa shape index (κ2) is 8.78. The van der Waals surface area contributed by atoms with Gasteiger partial charge in [0.05, 0.1) is 0 Å². The maximum atomic E-state index is 12.2. The Bertz CT molecular complexity index is 458. The normalized spacial score (nSPS) is 15.8. The van der Waals surface area contributed by atoms with Gasteiger partial charge in [0.2, 0.25) is 0 Å². The minimum absolute atomic E-state index is 0. The number of carbonyl (C=O) groups excluding carboxylic acids is 1. The summed E-state index contributed by atoms with van der Waals surface area (Å²) in [6, 6.07) is 2.15. The molecule has 0 aliphatic carbocycles. The topological polar surface area (TPSA) is 49.3 Å². The summed E-state index contributed by atoms with van der Waals surface area (Å²) in [7, 11) is 0. The largest absolute Gasteiger partial charge is 0.349 e. The van der Waals surface area contributed by atoms with Gasteiger partial charge in [-0.25, -0.2) is 0 Å². The fourth-order valence-corrected chi connectivity index (χ4v) is 2.85. The molecular formula is C14H24BrClN4O. The lowest BCUT2D eigenvalue weighted by Gasteiger charge is -2.27. The molecule has 21 heavy (non-hydrogen) atoms. The molecule has 120 valence electrons. The van der Waals surface area contributed by atoms with Crippen LogP contribution >= 0.6 is 28.3 Å². The lowest BCUT2D eigenvalue weighted by Crippen LogP contribution is -2.46. The van der Waals surface area contributed by atoms with Crippen molar-refractivity contribution >= 4 is 34.2 Å². The van der Waals surface area contributed by atoms with Gasteiger partial charge in [-0.1, -0.05) is 0 Å². The number of nitrogens with one attached hydrogen (secondary N) is 2. The third kappa shape index (κ3) is 5.29. The summed E-state index contributed by atoms with van der Waals surface area (Å²) >= 11 is 3.43. The molecule has 5 nitrogen and oxygen atoms in total. The highest BCUT2D eigenvalue weighted by molar-refractivity contribution is 9.10. The van der Waals surface area contributed by atoms with Crippen molar-refractivity contribution in [2.75, 3.05) is 39.3 Å². The van der Waals surface area contributed by atoms with Crippen LogP contribution in [0.5, 0.6) is 0 Å². The Hall–Kier alpha value is -0.560. The van der Waals surface area contributed by atoms with Crippen LogP contribution in [0.2, 0.25) is 0 Å². The summed E-state index contributed by atoms with van der Waals surface area (Å²) in [5.74, 6) is -0.000431. The van der Waals surface area contributed by atoms with E-state index < -0.39 is 0 Å². The number of nitrogens with zero attached hydrogens (tertiary/aromatic N) is 2. The van der Waals surface area contributed by atoms with E-state index in [-0.39, 0.29) is 24.4 Å². The van der Waals surface area contributed by atoms with E-state index in [9.17, 15) is 4.79 Å². The summed E-state index contributed by atoms with van der Waals surface area (Å²) in [4.78, 5) is 14.6. The molecule has 1 amide bonds. The van der Waals surface area contributed by atoms with E-state index in [1.807, 2.05) is 16.8 Å². The first kappa shape index (κ1) is 18.5. The zero-order valence-corrected chi connectivity index (χ0v) is 15.0. The molecular weight excluding hydrogens is 356 g/mol. The monoisotopic (exact) mass is 378 g/mol. The third-order valence-corrected chi connectivity index (χ3v) is 3.96. The Labute approximate surface area is 141 Å². The number of rotatable bonds is 5. The van der Waals surface area contributed by atoms with Crippen molar-refractivity contribution in [2.24, 2.45) is 0 Å². The predicted molar refractivity (Wildman–Crippen MR) is 91.4 cm³/mol. The van der Waals surface area contributed by atoms with E-state index in [1.54, 1.807) is 0 Å². The average Bonchev–Trinajstić information content (AvgIpc) is 2.82. The fourth-order valence-electron chi connectivity index (χ4n) is 2.41. The molecule has 1 aromatic rings. The van der Waals surface area contributed by atoms with Crippen LogP contribution in [0.15, 0.2) is 16.7 Å². The molecule has 1 aliphatic heterocycles. The molecule has 1 aromatic heterocycles. The van der Waals surface area contributed by atoms with Gasteiger partial charge in [0.15, 0.2) is 0 Å². The summed E-state index contributed by atoms with van der Waals surface area (Å²) in [6.45, 7) is 9.95. The number of hydrogen-bond acceptors (Lipinski definition) is 3. The van der Waals surface area contributed by atoms with Crippen molar-refractivity contribution in [2.45, 2.75) is 19.9 Å². The van der Waals surface area contributed by atoms with Crippen molar-refractivity contribution in [3.05, 3.63) is 22.4 Å². The van der Waals surface area contributed by atoms with Crippen molar-refractivity contribution < 1.29 is 4.79 Å². The number of carbonyl (C=O) groups is 1. The zero-order valence-electron chi connectivity index (χ0n) is 12.6. The molecule has 1 fully saturated rings. The van der Waals surface area contributed by atoms with Crippen molar-refractivity contribution in [1.82, 2.24) is 20.1 Å². The quantitative estimate of drug-likeness (QED) is 0.821. The maximum Gasteiger partial charge on any atom is 0.268 e. The Morgan fingerprint density at radius 3 is 2.71 bits per heavy atom. The van der Waals surface area contributed by atoms with Crippen LogP contribution in [0.4, 0.5) is 0 Å². The molecule has 0 radical (unpaired) electrons. The first-order valence-corrected chi connectivity index (χ1v) is 7.96. The molecule has 2 N–H and O–H groups in total. The number of aromatic nitrogens is 1. The highest BCUT2D eigenvalue weighted by Crippen LogP contribution is 2.19. The molecule has 0 saturated carbocycles. The molecule has 0 aromatic carbocycles. The Kier molecular flexibility index (Phi) is 7.73. The highest BCUT2D eigenvalue weighted by atomic mass is 79.9. The van der Waals surface area contributed by atoms with Crippen LogP contribution in [-0.4, -0.2) is 54.6 Å². The van der Waals surface area contributed by atoms with Crippen LogP contribution in [0, 0.1) is 0 Å². The van der Waals surface area contributed by atoms with Crippen LogP contribution < -0.4 is 10.6 Å². The molecule has 2 heterocycles. The molecule has 2 rings (SSSR count). The second-order valence-corrected chi connectivity index (χ2v) is 6.31. The Morgan fingerprint density at radius 1 is 1.43 bits per heavy atom. The van der Waals surface area contributed by atoms with Gasteiger partial charge in [0.1, 0.15) is 5.69 Å². The van der Waals surface area contributed by atoms with Gasteiger partial charge in [-0.05, 0) is 35.8 Å². The average molecular weight is 380 g/mol. The third-order valence-electron chi connectivity index (χ3n) is 3.53. The minimum atomic E-state index is -0.000431. The van der Waals surface area contributed by atoms with E-state index in [0.717, 1.165) is 37.2 Å². The molecule has 0 atom stereocenters. The molecule has 0 spiro atoms. The van der Waals surface area contributed by atoms with Gasteiger partial charge >= 0.3 is 0 Å². The van der Waals surface area contributed by atoms with E-state index in [2.05, 4.69) is 45.3 Å².